The molecule has 0 saturated heterocycles. The lowest BCUT2D eigenvalue weighted by molar-refractivity contribution is 0.173. The average molecular weight is 312 g/mol. The van der Waals surface area contributed by atoms with Crippen LogP contribution in [0.5, 0.6) is 11.5 Å². The maximum Gasteiger partial charge on any atom is 0.136 e. The van der Waals surface area contributed by atoms with Gasteiger partial charge < -0.3 is 18.8 Å². The zero-order valence-corrected chi connectivity index (χ0v) is 13.4. The maximum absolute atomic E-state index is 5.82. The van der Waals surface area contributed by atoms with Crippen molar-refractivity contribution in [3.8, 4) is 11.5 Å². The summed E-state index contributed by atoms with van der Waals surface area (Å²) in [6, 6.07) is 15.7. The van der Waals surface area contributed by atoms with Crippen LogP contribution in [0, 0.1) is 0 Å². The van der Waals surface area contributed by atoms with Gasteiger partial charge in [-0.05, 0) is 36.4 Å². The van der Waals surface area contributed by atoms with Crippen molar-refractivity contribution in [1.82, 2.24) is 9.55 Å². The third-order valence-electron chi connectivity index (χ3n) is 3.65. The van der Waals surface area contributed by atoms with Gasteiger partial charge in [-0.25, -0.2) is 4.98 Å². The van der Waals surface area contributed by atoms with Crippen LogP contribution < -0.4 is 9.47 Å². The minimum atomic E-state index is 0.483. The number of imidazole rings is 1. The highest BCUT2D eigenvalue weighted by atomic mass is 16.5. The molecule has 3 rings (SSSR count). The number of rotatable bonds is 7. The van der Waals surface area contributed by atoms with Gasteiger partial charge in [-0.3, -0.25) is 0 Å². The number of hydrogen-bond acceptors (Lipinski definition) is 4. The van der Waals surface area contributed by atoms with Crippen molar-refractivity contribution in [1.29, 1.82) is 0 Å². The summed E-state index contributed by atoms with van der Waals surface area (Å²) in [4.78, 5) is 4.62. The smallest absolute Gasteiger partial charge is 0.136 e. The predicted octanol–water partition coefficient (Wildman–Crippen LogP) is 3.27. The molecular formula is C18H20N2O3. The van der Waals surface area contributed by atoms with Gasteiger partial charge in [0.1, 0.15) is 30.5 Å². The number of nitrogens with zero attached hydrogens (tertiary/aromatic N) is 2. The Labute approximate surface area is 135 Å². The monoisotopic (exact) mass is 312 g/mol. The van der Waals surface area contributed by atoms with E-state index in [-0.39, 0.29) is 0 Å². The van der Waals surface area contributed by atoms with E-state index < -0.39 is 0 Å². The van der Waals surface area contributed by atoms with Crippen LogP contribution in [0.15, 0.2) is 48.5 Å². The van der Waals surface area contributed by atoms with Crippen molar-refractivity contribution in [2.24, 2.45) is 0 Å². The molecule has 0 radical (unpaired) electrons. The first-order valence-corrected chi connectivity index (χ1v) is 7.52. The Bertz CT molecular complexity index is 766. The van der Waals surface area contributed by atoms with E-state index in [0.29, 0.717) is 19.8 Å². The van der Waals surface area contributed by atoms with Gasteiger partial charge >= 0.3 is 0 Å². The molecule has 0 aliphatic rings. The number of aromatic nitrogens is 2. The number of fused-ring (bicyclic) bond motifs is 1. The molecule has 5 nitrogen and oxygen atoms in total. The first kappa shape index (κ1) is 15.4. The molecule has 1 heterocycles. The van der Waals surface area contributed by atoms with Gasteiger partial charge in [0.2, 0.25) is 0 Å². The van der Waals surface area contributed by atoms with E-state index in [4.69, 9.17) is 14.2 Å². The van der Waals surface area contributed by atoms with Crippen LogP contribution in [0.25, 0.3) is 11.0 Å². The highest BCUT2D eigenvalue weighted by molar-refractivity contribution is 5.75. The van der Waals surface area contributed by atoms with Gasteiger partial charge in [-0.15, -0.1) is 0 Å². The molecule has 1 aromatic heterocycles. The Kier molecular flexibility index (Phi) is 4.78. The van der Waals surface area contributed by atoms with E-state index in [1.807, 2.05) is 42.5 Å². The average Bonchev–Trinajstić information content (AvgIpc) is 2.94. The van der Waals surface area contributed by atoms with Crippen molar-refractivity contribution in [3.05, 3.63) is 54.4 Å². The topological polar surface area (TPSA) is 45.5 Å². The highest BCUT2D eigenvalue weighted by Crippen LogP contribution is 2.19. The summed E-state index contributed by atoms with van der Waals surface area (Å²) in [5.41, 5.74) is 2.07. The van der Waals surface area contributed by atoms with E-state index >= 15 is 0 Å². The fourth-order valence-corrected chi connectivity index (χ4v) is 2.54. The van der Waals surface area contributed by atoms with Crippen molar-refractivity contribution in [2.75, 3.05) is 20.8 Å². The minimum Gasteiger partial charge on any atom is -0.497 e. The van der Waals surface area contributed by atoms with Crippen LogP contribution in [0.1, 0.15) is 5.82 Å². The third-order valence-corrected chi connectivity index (χ3v) is 3.65. The van der Waals surface area contributed by atoms with Gasteiger partial charge in [0.25, 0.3) is 0 Å². The van der Waals surface area contributed by atoms with Crippen molar-refractivity contribution in [3.63, 3.8) is 0 Å². The molecule has 0 fully saturated rings. The third kappa shape index (κ3) is 3.46. The van der Waals surface area contributed by atoms with E-state index in [1.54, 1.807) is 14.2 Å². The first-order chi connectivity index (χ1) is 11.3. The molecule has 0 aliphatic heterocycles. The molecule has 120 valence electrons. The Hall–Kier alpha value is -2.53. The first-order valence-electron chi connectivity index (χ1n) is 7.52. The summed E-state index contributed by atoms with van der Waals surface area (Å²) in [5.74, 6) is 2.55. The molecule has 5 heteroatoms. The number of ether oxygens (including phenoxy) is 3. The predicted molar refractivity (Wildman–Crippen MR) is 88.9 cm³/mol. The molecule has 0 N–H and O–H groups in total. The molecule has 0 aliphatic carbocycles. The minimum absolute atomic E-state index is 0.483. The van der Waals surface area contributed by atoms with Gasteiger partial charge in [0.15, 0.2) is 0 Å². The van der Waals surface area contributed by atoms with Crippen LogP contribution in [-0.4, -0.2) is 30.4 Å². The fraction of sp³-hybridized carbons (Fsp3) is 0.278. The molecule has 0 saturated carbocycles. The second-order valence-corrected chi connectivity index (χ2v) is 5.13. The SMILES string of the molecule is COCc1nc2ccccc2n1CCOc1ccc(OC)cc1. The van der Waals surface area contributed by atoms with Gasteiger partial charge in [0, 0.05) is 7.11 Å². The molecule has 0 bridgehead atoms. The van der Waals surface area contributed by atoms with Crippen molar-refractivity contribution >= 4 is 11.0 Å². The lowest BCUT2D eigenvalue weighted by atomic mass is 10.3. The summed E-state index contributed by atoms with van der Waals surface area (Å²) in [7, 11) is 3.33. The number of hydrogen-bond donors (Lipinski definition) is 0. The summed E-state index contributed by atoms with van der Waals surface area (Å²) < 4.78 is 18.3. The number of benzene rings is 2. The van der Waals surface area contributed by atoms with E-state index in [9.17, 15) is 0 Å². The lowest BCUT2D eigenvalue weighted by Crippen LogP contribution is -2.11. The zero-order valence-electron chi connectivity index (χ0n) is 13.4. The van der Waals surface area contributed by atoms with Crippen molar-refractivity contribution in [2.45, 2.75) is 13.2 Å². The molecule has 0 spiro atoms. The second kappa shape index (κ2) is 7.15. The Balaban J connectivity index is 1.71. The van der Waals surface area contributed by atoms with Gasteiger partial charge in [-0.2, -0.15) is 0 Å². The van der Waals surface area contributed by atoms with Gasteiger partial charge in [0.05, 0.1) is 24.7 Å². The molecule has 3 aromatic rings. The summed E-state index contributed by atoms with van der Waals surface area (Å²) >= 11 is 0. The van der Waals surface area contributed by atoms with Crippen molar-refractivity contribution < 1.29 is 14.2 Å². The van der Waals surface area contributed by atoms with Crippen LogP contribution in [-0.2, 0) is 17.9 Å². The van der Waals surface area contributed by atoms with Crippen LogP contribution >= 0.6 is 0 Å². The second-order valence-electron chi connectivity index (χ2n) is 5.13. The van der Waals surface area contributed by atoms with E-state index in [1.165, 1.54) is 0 Å². The van der Waals surface area contributed by atoms with Crippen LogP contribution in [0.2, 0.25) is 0 Å². The Morgan fingerprint density at radius 2 is 1.70 bits per heavy atom. The molecule has 23 heavy (non-hydrogen) atoms. The standard InChI is InChI=1S/C18H20N2O3/c1-21-13-18-19-16-5-3-4-6-17(16)20(18)11-12-23-15-9-7-14(22-2)8-10-15/h3-10H,11-13H2,1-2H3. The van der Waals surface area contributed by atoms with Crippen LogP contribution in [0.3, 0.4) is 0 Å². The summed E-state index contributed by atoms with van der Waals surface area (Å²) in [5, 5.41) is 0. The molecule has 0 atom stereocenters. The lowest BCUT2D eigenvalue weighted by Gasteiger charge is -2.11. The Morgan fingerprint density at radius 1 is 0.957 bits per heavy atom. The quantitative estimate of drug-likeness (QED) is 0.672. The Morgan fingerprint density at radius 3 is 2.43 bits per heavy atom. The fourth-order valence-electron chi connectivity index (χ4n) is 2.54. The largest absolute Gasteiger partial charge is 0.497 e. The summed E-state index contributed by atoms with van der Waals surface area (Å²) in [6.45, 7) is 1.76. The highest BCUT2D eigenvalue weighted by Gasteiger charge is 2.10. The van der Waals surface area contributed by atoms with E-state index in [2.05, 4.69) is 15.6 Å². The molecule has 0 amide bonds. The molecule has 2 aromatic carbocycles. The number of para-hydroxylation sites is 2. The molecular weight excluding hydrogens is 292 g/mol. The van der Waals surface area contributed by atoms with Crippen LogP contribution in [0.4, 0.5) is 0 Å². The summed E-state index contributed by atoms with van der Waals surface area (Å²) in [6.07, 6.45) is 0. The van der Waals surface area contributed by atoms with Gasteiger partial charge in [-0.1, -0.05) is 12.1 Å². The zero-order chi connectivity index (χ0) is 16.1. The van der Waals surface area contributed by atoms with E-state index in [0.717, 1.165) is 28.4 Å². The maximum atomic E-state index is 5.82. The number of methoxy groups -OCH3 is 2. The normalized spacial score (nSPS) is 10.9. The molecule has 0 unspecified atom stereocenters.